The molecule has 32 heavy (non-hydrogen) atoms. The third kappa shape index (κ3) is 6.03. The van der Waals surface area contributed by atoms with Gasteiger partial charge in [0.2, 0.25) is 5.01 Å². The highest BCUT2D eigenvalue weighted by molar-refractivity contribution is 7.13. The van der Waals surface area contributed by atoms with E-state index in [-0.39, 0.29) is 29.5 Å². The molecule has 2 N–H and O–H groups in total. The molecule has 0 spiro atoms. The number of rotatable bonds is 8. The topological polar surface area (TPSA) is 102 Å². The number of anilines is 1. The summed E-state index contributed by atoms with van der Waals surface area (Å²) in [5.74, 6) is 0.0880. The molecule has 0 saturated carbocycles. The summed E-state index contributed by atoms with van der Waals surface area (Å²) in [6.45, 7) is 1.44. The SMILES string of the molecule is O=C(NC[C@H]1CCCO1)c1ccc(OCc2nnc(C(=O)Nc3ccc(Cl)cc3)s2)cc1. The maximum Gasteiger partial charge on any atom is 0.286 e. The molecule has 1 aromatic heterocycles. The number of halogens is 1. The predicted molar refractivity (Wildman–Crippen MR) is 121 cm³/mol. The Morgan fingerprint density at radius 3 is 2.59 bits per heavy atom. The van der Waals surface area contributed by atoms with Crippen molar-refractivity contribution in [3.63, 3.8) is 0 Å². The van der Waals surface area contributed by atoms with Crippen molar-refractivity contribution >= 4 is 40.4 Å². The summed E-state index contributed by atoms with van der Waals surface area (Å²) in [4.78, 5) is 24.5. The van der Waals surface area contributed by atoms with Crippen molar-refractivity contribution in [2.24, 2.45) is 0 Å². The summed E-state index contributed by atoms with van der Waals surface area (Å²) in [7, 11) is 0. The standard InChI is InChI=1S/C22H21ClN4O4S/c23-15-5-7-16(8-6-15)25-21(29)22-27-26-19(32-22)13-31-17-9-3-14(4-10-17)20(28)24-12-18-2-1-11-30-18/h3-10,18H,1-2,11-13H2,(H,24,28)(H,25,29)/t18-/m1/s1. The fourth-order valence-electron chi connectivity index (χ4n) is 3.08. The van der Waals surface area contributed by atoms with Crippen LogP contribution in [0, 0.1) is 0 Å². The molecule has 2 amide bonds. The van der Waals surface area contributed by atoms with Crippen LogP contribution in [0.25, 0.3) is 0 Å². The molecule has 4 rings (SSSR count). The van der Waals surface area contributed by atoms with Gasteiger partial charge in [0, 0.05) is 29.4 Å². The van der Waals surface area contributed by atoms with E-state index >= 15 is 0 Å². The molecule has 8 nitrogen and oxygen atoms in total. The lowest BCUT2D eigenvalue weighted by molar-refractivity contribution is 0.0857. The Balaban J connectivity index is 1.25. The molecule has 166 valence electrons. The van der Waals surface area contributed by atoms with Crippen LogP contribution >= 0.6 is 22.9 Å². The van der Waals surface area contributed by atoms with E-state index in [1.54, 1.807) is 48.5 Å². The Hall–Kier alpha value is -3.01. The number of benzene rings is 2. The molecule has 1 atom stereocenters. The quantitative estimate of drug-likeness (QED) is 0.515. The number of aromatic nitrogens is 2. The molecule has 2 heterocycles. The van der Waals surface area contributed by atoms with Crippen LogP contribution < -0.4 is 15.4 Å². The van der Waals surface area contributed by atoms with Gasteiger partial charge >= 0.3 is 0 Å². The van der Waals surface area contributed by atoms with Crippen LogP contribution in [0.5, 0.6) is 5.75 Å². The molecule has 1 saturated heterocycles. The van der Waals surface area contributed by atoms with Crippen molar-refractivity contribution in [3.05, 3.63) is 69.1 Å². The number of nitrogens with zero attached hydrogens (tertiary/aromatic N) is 2. The zero-order chi connectivity index (χ0) is 22.3. The van der Waals surface area contributed by atoms with Crippen LogP contribution in [-0.2, 0) is 11.3 Å². The molecule has 1 fully saturated rings. The summed E-state index contributed by atoms with van der Waals surface area (Å²) < 4.78 is 11.2. The lowest BCUT2D eigenvalue weighted by Gasteiger charge is -2.11. The molecular weight excluding hydrogens is 452 g/mol. The molecule has 0 radical (unpaired) electrons. The van der Waals surface area contributed by atoms with Crippen molar-refractivity contribution in [2.45, 2.75) is 25.6 Å². The van der Waals surface area contributed by atoms with Crippen LogP contribution in [0.15, 0.2) is 48.5 Å². The van der Waals surface area contributed by atoms with Gasteiger partial charge in [-0.3, -0.25) is 9.59 Å². The second-order valence-electron chi connectivity index (χ2n) is 7.12. The van der Waals surface area contributed by atoms with E-state index < -0.39 is 0 Å². The summed E-state index contributed by atoms with van der Waals surface area (Å²) in [6, 6.07) is 13.6. The van der Waals surface area contributed by atoms with Crippen molar-refractivity contribution in [2.75, 3.05) is 18.5 Å². The van der Waals surface area contributed by atoms with Gasteiger partial charge in [-0.15, -0.1) is 10.2 Å². The number of amides is 2. The van der Waals surface area contributed by atoms with E-state index in [1.807, 2.05) is 0 Å². The third-order valence-corrected chi connectivity index (χ3v) is 5.90. The van der Waals surface area contributed by atoms with Crippen LogP contribution in [-0.4, -0.2) is 41.3 Å². The molecule has 10 heteroatoms. The van der Waals surface area contributed by atoms with Gasteiger partial charge in [-0.2, -0.15) is 0 Å². The number of hydrogen-bond donors (Lipinski definition) is 2. The Labute approximate surface area is 193 Å². The average molecular weight is 473 g/mol. The second-order valence-corrected chi connectivity index (χ2v) is 8.62. The van der Waals surface area contributed by atoms with Gasteiger partial charge in [0.05, 0.1) is 6.10 Å². The largest absolute Gasteiger partial charge is 0.486 e. The minimum Gasteiger partial charge on any atom is -0.486 e. The van der Waals surface area contributed by atoms with Gasteiger partial charge in [0.15, 0.2) is 5.01 Å². The van der Waals surface area contributed by atoms with Crippen LogP contribution in [0.4, 0.5) is 5.69 Å². The zero-order valence-electron chi connectivity index (χ0n) is 17.0. The van der Waals surface area contributed by atoms with E-state index in [0.717, 1.165) is 30.8 Å². The first kappa shape index (κ1) is 22.2. The molecule has 0 unspecified atom stereocenters. The smallest absolute Gasteiger partial charge is 0.286 e. The van der Waals surface area contributed by atoms with E-state index in [1.165, 1.54) is 0 Å². The molecule has 3 aromatic rings. The fourth-order valence-corrected chi connectivity index (χ4v) is 3.86. The average Bonchev–Trinajstić information content (AvgIpc) is 3.50. The summed E-state index contributed by atoms with van der Waals surface area (Å²) in [5.41, 5.74) is 1.17. The normalized spacial score (nSPS) is 15.3. The molecule has 2 aromatic carbocycles. The van der Waals surface area contributed by atoms with Crippen molar-refractivity contribution in [1.29, 1.82) is 0 Å². The molecule has 1 aliphatic heterocycles. The number of carbonyl (C=O) groups is 2. The van der Waals surface area contributed by atoms with Crippen LogP contribution in [0.1, 0.15) is 38.0 Å². The number of hydrogen-bond acceptors (Lipinski definition) is 7. The van der Waals surface area contributed by atoms with Gasteiger partial charge in [-0.05, 0) is 61.4 Å². The molecular formula is C22H21ClN4O4S. The van der Waals surface area contributed by atoms with Gasteiger partial charge in [-0.1, -0.05) is 22.9 Å². The highest BCUT2D eigenvalue weighted by atomic mass is 35.5. The Morgan fingerprint density at radius 2 is 1.88 bits per heavy atom. The van der Waals surface area contributed by atoms with Gasteiger partial charge in [0.25, 0.3) is 11.8 Å². The molecule has 0 bridgehead atoms. The van der Waals surface area contributed by atoms with E-state index in [9.17, 15) is 9.59 Å². The van der Waals surface area contributed by atoms with Crippen molar-refractivity contribution in [1.82, 2.24) is 15.5 Å². The first-order valence-corrected chi connectivity index (χ1v) is 11.3. The summed E-state index contributed by atoms with van der Waals surface area (Å²) >= 11 is 6.99. The zero-order valence-corrected chi connectivity index (χ0v) is 18.6. The lowest BCUT2D eigenvalue weighted by atomic mass is 10.2. The van der Waals surface area contributed by atoms with E-state index in [4.69, 9.17) is 21.1 Å². The molecule has 0 aliphatic carbocycles. The molecule has 1 aliphatic rings. The summed E-state index contributed by atoms with van der Waals surface area (Å²) in [6.07, 6.45) is 2.12. The van der Waals surface area contributed by atoms with Gasteiger partial charge in [0.1, 0.15) is 12.4 Å². The first-order valence-electron chi connectivity index (χ1n) is 10.1. The second kappa shape index (κ2) is 10.5. The lowest BCUT2D eigenvalue weighted by Crippen LogP contribution is -2.31. The van der Waals surface area contributed by atoms with Gasteiger partial charge < -0.3 is 20.1 Å². The Kier molecular flexibility index (Phi) is 7.31. The van der Waals surface area contributed by atoms with E-state index in [2.05, 4.69) is 20.8 Å². The maximum absolute atomic E-state index is 12.3. The number of carbonyl (C=O) groups excluding carboxylic acids is 2. The van der Waals surface area contributed by atoms with E-state index in [0.29, 0.717) is 33.6 Å². The summed E-state index contributed by atoms with van der Waals surface area (Å²) in [5, 5.41) is 14.9. The maximum atomic E-state index is 12.3. The Bertz CT molecular complexity index is 1070. The highest BCUT2D eigenvalue weighted by Crippen LogP contribution is 2.19. The van der Waals surface area contributed by atoms with Crippen LogP contribution in [0.3, 0.4) is 0 Å². The fraction of sp³-hybridized carbons (Fsp3) is 0.273. The monoisotopic (exact) mass is 472 g/mol. The Morgan fingerprint density at radius 1 is 1.09 bits per heavy atom. The minimum atomic E-state index is -0.352. The third-order valence-electron chi connectivity index (χ3n) is 4.76. The highest BCUT2D eigenvalue weighted by Gasteiger charge is 2.17. The van der Waals surface area contributed by atoms with Crippen LogP contribution in [0.2, 0.25) is 5.02 Å². The first-order chi connectivity index (χ1) is 15.6. The van der Waals surface area contributed by atoms with Gasteiger partial charge in [-0.25, -0.2) is 0 Å². The van der Waals surface area contributed by atoms with Crippen molar-refractivity contribution in [3.8, 4) is 5.75 Å². The number of nitrogens with one attached hydrogen (secondary N) is 2. The minimum absolute atomic E-state index is 0.103. The number of ether oxygens (including phenoxy) is 2. The van der Waals surface area contributed by atoms with Crippen molar-refractivity contribution < 1.29 is 19.1 Å². The predicted octanol–water partition coefficient (Wildman–Crippen LogP) is 3.93.